The van der Waals surface area contributed by atoms with Gasteiger partial charge in [-0.3, -0.25) is 4.79 Å². The highest BCUT2D eigenvalue weighted by molar-refractivity contribution is 5.90. The van der Waals surface area contributed by atoms with Gasteiger partial charge in [-0.2, -0.15) is 0 Å². The Balaban J connectivity index is 2.83. The van der Waals surface area contributed by atoms with Crippen molar-refractivity contribution in [2.24, 2.45) is 5.73 Å². The summed E-state index contributed by atoms with van der Waals surface area (Å²) in [6, 6.07) is -0.686. The molecule has 0 bridgehead atoms. The molecule has 0 spiro atoms. The van der Waals surface area contributed by atoms with Gasteiger partial charge in [0.05, 0.1) is 6.04 Å². The zero-order valence-electron chi connectivity index (χ0n) is 9.48. The van der Waals surface area contributed by atoms with Crippen LogP contribution in [-0.4, -0.2) is 40.0 Å². The van der Waals surface area contributed by atoms with Gasteiger partial charge in [-0.15, -0.1) is 6.58 Å². The number of rotatable bonds is 4. The van der Waals surface area contributed by atoms with E-state index in [1.807, 2.05) is 0 Å². The number of hydrogen-bond acceptors (Lipinski definition) is 3. The molecule has 90 valence electrons. The highest BCUT2D eigenvalue weighted by Crippen LogP contribution is 2.29. The Morgan fingerprint density at radius 3 is 2.81 bits per heavy atom. The maximum Gasteiger partial charge on any atom is 0.329 e. The van der Waals surface area contributed by atoms with Crippen LogP contribution < -0.4 is 5.73 Å². The lowest BCUT2D eigenvalue weighted by molar-refractivity contribution is -0.155. The van der Waals surface area contributed by atoms with Crippen molar-refractivity contribution < 1.29 is 14.7 Å². The number of carboxylic acid groups (broad SMARTS) is 1. The fourth-order valence-electron chi connectivity index (χ4n) is 2.02. The number of nitrogens with two attached hydrogens (primary N) is 1. The van der Waals surface area contributed by atoms with E-state index in [2.05, 4.69) is 6.58 Å². The first-order valence-corrected chi connectivity index (χ1v) is 5.35. The summed E-state index contributed by atoms with van der Waals surface area (Å²) in [5.41, 5.74) is 4.57. The van der Waals surface area contributed by atoms with E-state index >= 15 is 0 Å². The topological polar surface area (TPSA) is 83.6 Å². The number of aliphatic carboxylic acids is 1. The van der Waals surface area contributed by atoms with Crippen molar-refractivity contribution in [2.75, 3.05) is 6.54 Å². The second-order valence-electron chi connectivity index (χ2n) is 4.30. The minimum absolute atomic E-state index is 0.303. The summed E-state index contributed by atoms with van der Waals surface area (Å²) < 4.78 is 0. The predicted octanol–water partition coefficient (Wildman–Crippen LogP) is 0.355. The maximum atomic E-state index is 11.9. The average Bonchev–Trinajstić information content (AvgIpc) is 2.61. The molecule has 1 heterocycles. The summed E-state index contributed by atoms with van der Waals surface area (Å²) in [5, 5.41) is 9.15. The van der Waals surface area contributed by atoms with Gasteiger partial charge < -0.3 is 15.7 Å². The maximum absolute atomic E-state index is 11.9. The molecule has 1 rings (SSSR count). The van der Waals surface area contributed by atoms with Crippen LogP contribution in [-0.2, 0) is 9.59 Å². The molecule has 5 heteroatoms. The van der Waals surface area contributed by atoms with Gasteiger partial charge in [0.1, 0.15) is 5.54 Å². The molecule has 2 atom stereocenters. The molecule has 0 radical (unpaired) electrons. The van der Waals surface area contributed by atoms with E-state index in [0.29, 0.717) is 25.8 Å². The summed E-state index contributed by atoms with van der Waals surface area (Å²) >= 11 is 0. The van der Waals surface area contributed by atoms with Crippen LogP contribution >= 0.6 is 0 Å². The third kappa shape index (κ3) is 2.09. The van der Waals surface area contributed by atoms with Crippen molar-refractivity contribution in [3.05, 3.63) is 12.7 Å². The molecule has 0 saturated carbocycles. The molecule has 1 amide bonds. The van der Waals surface area contributed by atoms with E-state index in [-0.39, 0.29) is 5.91 Å². The molecule has 0 aromatic rings. The van der Waals surface area contributed by atoms with Gasteiger partial charge in [-0.1, -0.05) is 6.08 Å². The standard InChI is InChI=1S/C11H18N2O3/c1-3-5-8(12)9(14)13-7-4-6-11(13,2)10(15)16/h3,8H,1,4-7,12H2,2H3,(H,15,16). The molecule has 1 aliphatic rings. The fourth-order valence-corrected chi connectivity index (χ4v) is 2.02. The molecule has 16 heavy (non-hydrogen) atoms. The number of likely N-dealkylation sites (tertiary alicyclic amines) is 1. The van der Waals surface area contributed by atoms with Crippen molar-refractivity contribution in [3.8, 4) is 0 Å². The van der Waals surface area contributed by atoms with Gasteiger partial charge in [-0.25, -0.2) is 4.79 Å². The van der Waals surface area contributed by atoms with Crippen LogP contribution in [0.2, 0.25) is 0 Å². The summed E-state index contributed by atoms with van der Waals surface area (Å²) in [4.78, 5) is 24.5. The summed E-state index contributed by atoms with van der Waals surface area (Å²) in [7, 11) is 0. The molecule has 1 aliphatic heterocycles. The molecule has 2 unspecified atom stereocenters. The first-order chi connectivity index (χ1) is 7.43. The monoisotopic (exact) mass is 226 g/mol. The Kier molecular flexibility index (Phi) is 3.70. The molecule has 3 N–H and O–H groups in total. The molecule has 0 aliphatic carbocycles. The van der Waals surface area contributed by atoms with Crippen LogP contribution in [0.15, 0.2) is 12.7 Å². The Hall–Kier alpha value is -1.36. The van der Waals surface area contributed by atoms with Crippen LogP contribution in [0.3, 0.4) is 0 Å². The lowest BCUT2D eigenvalue weighted by atomic mass is 9.98. The number of carboxylic acids is 1. The highest BCUT2D eigenvalue weighted by Gasteiger charge is 2.46. The summed E-state index contributed by atoms with van der Waals surface area (Å²) in [6.07, 6.45) is 3.12. The van der Waals surface area contributed by atoms with Gasteiger partial charge in [0.2, 0.25) is 5.91 Å². The molecule has 5 nitrogen and oxygen atoms in total. The van der Waals surface area contributed by atoms with Crippen molar-refractivity contribution in [3.63, 3.8) is 0 Å². The zero-order valence-corrected chi connectivity index (χ0v) is 9.48. The lowest BCUT2D eigenvalue weighted by Gasteiger charge is -2.32. The number of amides is 1. The first-order valence-electron chi connectivity index (χ1n) is 5.35. The molecule has 1 fully saturated rings. The van der Waals surface area contributed by atoms with Gasteiger partial charge in [-0.05, 0) is 26.2 Å². The molecular formula is C11H18N2O3. The normalized spacial score (nSPS) is 26.5. The predicted molar refractivity (Wildman–Crippen MR) is 59.8 cm³/mol. The number of carbonyl (C=O) groups is 2. The van der Waals surface area contributed by atoms with E-state index in [0.717, 1.165) is 0 Å². The first kappa shape index (κ1) is 12.7. The second kappa shape index (κ2) is 4.65. The lowest BCUT2D eigenvalue weighted by Crippen LogP contribution is -2.55. The average molecular weight is 226 g/mol. The van der Waals surface area contributed by atoms with E-state index in [1.165, 1.54) is 4.90 Å². The Labute approximate surface area is 94.9 Å². The third-order valence-corrected chi connectivity index (χ3v) is 3.11. The van der Waals surface area contributed by atoms with Crippen molar-refractivity contribution in [2.45, 2.75) is 37.8 Å². The molecule has 0 aromatic heterocycles. The van der Waals surface area contributed by atoms with Gasteiger partial charge >= 0.3 is 5.97 Å². The second-order valence-corrected chi connectivity index (χ2v) is 4.30. The minimum Gasteiger partial charge on any atom is -0.480 e. The van der Waals surface area contributed by atoms with Gasteiger partial charge in [0.25, 0.3) is 0 Å². The SMILES string of the molecule is C=CCC(N)C(=O)N1CCCC1(C)C(=O)O. The fraction of sp³-hybridized carbons (Fsp3) is 0.636. The van der Waals surface area contributed by atoms with Crippen molar-refractivity contribution >= 4 is 11.9 Å². The van der Waals surface area contributed by atoms with Crippen LogP contribution in [0.5, 0.6) is 0 Å². The smallest absolute Gasteiger partial charge is 0.329 e. The summed E-state index contributed by atoms with van der Waals surface area (Å²) in [5.74, 6) is -1.27. The van der Waals surface area contributed by atoms with E-state index in [9.17, 15) is 9.59 Å². The quantitative estimate of drug-likeness (QED) is 0.678. The largest absolute Gasteiger partial charge is 0.480 e. The summed E-state index contributed by atoms with van der Waals surface area (Å²) in [6.45, 7) is 5.55. The zero-order chi connectivity index (χ0) is 12.3. The van der Waals surface area contributed by atoms with E-state index in [4.69, 9.17) is 10.8 Å². The van der Waals surface area contributed by atoms with E-state index < -0.39 is 17.6 Å². The van der Waals surface area contributed by atoms with Crippen LogP contribution in [0, 0.1) is 0 Å². The van der Waals surface area contributed by atoms with Gasteiger partial charge in [0.15, 0.2) is 0 Å². The van der Waals surface area contributed by atoms with Crippen LogP contribution in [0.4, 0.5) is 0 Å². The molecule has 1 saturated heterocycles. The van der Waals surface area contributed by atoms with E-state index in [1.54, 1.807) is 13.0 Å². The Morgan fingerprint density at radius 2 is 2.31 bits per heavy atom. The van der Waals surface area contributed by atoms with Crippen LogP contribution in [0.25, 0.3) is 0 Å². The molecular weight excluding hydrogens is 208 g/mol. The minimum atomic E-state index is -1.10. The molecule has 0 aromatic carbocycles. The third-order valence-electron chi connectivity index (χ3n) is 3.11. The van der Waals surface area contributed by atoms with Crippen LogP contribution in [0.1, 0.15) is 26.2 Å². The highest BCUT2D eigenvalue weighted by atomic mass is 16.4. The van der Waals surface area contributed by atoms with Crippen molar-refractivity contribution in [1.29, 1.82) is 0 Å². The number of nitrogens with zero attached hydrogens (tertiary/aromatic N) is 1. The van der Waals surface area contributed by atoms with Crippen molar-refractivity contribution in [1.82, 2.24) is 4.90 Å². The Morgan fingerprint density at radius 1 is 1.69 bits per heavy atom. The van der Waals surface area contributed by atoms with Gasteiger partial charge in [0, 0.05) is 6.54 Å². The number of hydrogen-bond donors (Lipinski definition) is 2. The number of carbonyl (C=O) groups excluding carboxylic acids is 1. The Bertz CT molecular complexity index is 316.